The van der Waals surface area contributed by atoms with E-state index in [-0.39, 0.29) is 16.8 Å². The highest BCUT2D eigenvalue weighted by Crippen LogP contribution is 2.23. The van der Waals surface area contributed by atoms with Crippen LogP contribution in [0.2, 0.25) is 0 Å². The molecule has 3 aromatic rings. The van der Waals surface area contributed by atoms with Crippen molar-refractivity contribution in [2.24, 2.45) is 4.99 Å². The smallest absolute Gasteiger partial charge is 0.262 e. The van der Waals surface area contributed by atoms with E-state index in [0.717, 1.165) is 29.2 Å². The minimum atomic E-state index is -3.76. The SMILES string of the molecule is Cc1cc(/C=C/C(=O)Nc2cccc(S(=O)(=O)NC3=NCCC3)c2)c(C)n1-c1ccnn1C(C)C. The van der Waals surface area contributed by atoms with E-state index in [1.54, 1.807) is 24.4 Å². The van der Waals surface area contributed by atoms with Gasteiger partial charge in [0.1, 0.15) is 11.7 Å². The van der Waals surface area contributed by atoms with Crippen LogP contribution in [0, 0.1) is 13.8 Å². The summed E-state index contributed by atoms with van der Waals surface area (Å²) in [5, 5.41) is 7.16. The summed E-state index contributed by atoms with van der Waals surface area (Å²) in [5.41, 5.74) is 3.32. The van der Waals surface area contributed by atoms with E-state index in [1.165, 1.54) is 18.2 Å². The number of sulfonamides is 1. The topological polar surface area (TPSA) is 110 Å². The van der Waals surface area contributed by atoms with Crippen molar-refractivity contribution in [1.29, 1.82) is 0 Å². The molecule has 1 aliphatic heterocycles. The van der Waals surface area contributed by atoms with Gasteiger partial charge in [0, 0.05) is 48.2 Å². The zero-order chi connectivity index (χ0) is 25.2. The van der Waals surface area contributed by atoms with Crippen molar-refractivity contribution >= 4 is 33.5 Å². The molecule has 0 radical (unpaired) electrons. The summed E-state index contributed by atoms with van der Waals surface area (Å²) in [4.78, 5) is 16.8. The second-order valence-corrected chi connectivity index (χ2v) is 10.5. The molecule has 0 unspecified atom stereocenters. The predicted molar refractivity (Wildman–Crippen MR) is 137 cm³/mol. The van der Waals surface area contributed by atoms with Gasteiger partial charge in [0.15, 0.2) is 0 Å². The van der Waals surface area contributed by atoms with Crippen LogP contribution in [0.4, 0.5) is 5.69 Å². The number of anilines is 1. The Morgan fingerprint density at radius 1 is 1.17 bits per heavy atom. The number of amidine groups is 1. The number of hydrogen-bond acceptors (Lipinski definition) is 5. The van der Waals surface area contributed by atoms with Gasteiger partial charge in [-0.2, -0.15) is 5.10 Å². The molecule has 9 nitrogen and oxygen atoms in total. The molecule has 35 heavy (non-hydrogen) atoms. The Bertz CT molecular complexity index is 1410. The molecule has 0 fully saturated rings. The molecule has 0 saturated carbocycles. The van der Waals surface area contributed by atoms with Crippen LogP contribution in [0.3, 0.4) is 0 Å². The van der Waals surface area contributed by atoms with Gasteiger partial charge in [-0.25, -0.2) is 13.1 Å². The van der Waals surface area contributed by atoms with Crippen LogP contribution in [-0.2, 0) is 14.8 Å². The monoisotopic (exact) mass is 494 g/mol. The molecule has 0 spiro atoms. The normalized spacial score (nSPS) is 14.0. The Hall–Kier alpha value is -3.66. The van der Waals surface area contributed by atoms with Gasteiger partial charge < -0.3 is 9.88 Å². The van der Waals surface area contributed by atoms with Gasteiger partial charge in [-0.15, -0.1) is 0 Å². The lowest BCUT2D eigenvalue weighted by atomic mass is 10.2. The van der Waals surface area contributed by atoms with E-state index in [9.17, 15) is 13.2 Å². The molecule has 0 bridgehead atoms. The van der Waals surface area contributed by atoms with Crippen molar-refractivity contribution < 1.29 is 13.2 Å². The molecule has 2 N–H and O–H groups in total. The fraction of sp³-hybridized carbons (Fsp3) is 0.320. The van der Waals surface area contributed by atoms with Gasteiger partial charge in [-0.1, -0.05) is 6.07 Å². The molecular formula is C25H30N6O3S. The number of amides is 1. The van der Waals surface area contributed by atoms with Crippen molar-refractivity contribution in [3.63, 3.8) is 0 Å². The van der Waals surface area contributed by atoms with Gasteiger partial charge in [-0.05, 0) is 70.0 Å². The third-order valence-electron chi connectivity index (χ3n) is 5.79. The zero-order valence-corrected chi connectivity index (χ0v) is 21.1. The van der Waals surface area contributed by atoms with Crippen LogP contribution in [0.1, 0.15) is 49.7 Å². The number of benzene rings is 1. The van der Waals surface area contributed by atoms with E-state index in [1.807, 2.05) is 30.7 Å². The van der Waals surface area contributed by atoms with Crippen LogP contribution in [0.5, 0.6) is 0 Å². The third-order valence-corrected chi connectivity index (χ3v) is 7.17. The molecule has 3 heterocycles. The number of aliphatic imine (C=N–C) groups is 1. The zero-order valence-electron chi connectivity index (χ0n) is 20.3. The highest BCUT2D eigenvalue weighted by molar-refractivity contribution is 7.90. The molecule has 0 atom stereocenters. The first kappa shape index (κ1) is 24.5. The molecule has 1 aliphatic rings. The van der Waals surface area contributed by atoms with Gasteiger partial charge in [-0.3, -0.25) is 14.5 Å². The highest BCUT2D eigenvalue weighted by atomic mass is 32.2. The molecular weight excluding hydrogens is 464 g/mol. The second-order valence-electron chi connectivity index (χ2n) is 8.78. The number of nitrogens with one attached hydrogen (secondary N) is 2. The second kappa shape index (κ2) is 9.91. The number of nitrogens with zero attached hydrogens (tertiary/aromatic N) is 4. The lowest BCUT2D eigenvalue weighted by Crippen LogP contribution is -2.29. The van der Waals surface area contributed by atoms with Gasteiger partial charge in [0.2, 0.25) is 5.91 Å². The summed E-state index contributed by atoms with van der Waals surface area (Å²) in [6.07, 6.45) is 6.43. The lowest BCUT2D eigenvalue weighted by molar-refractivity contribution is -0.111. The summed E-state index contributed by atoms with van der Waals surface area (Å²) < 4.78 is 31.9. The van der Waals surface area contributed by atoms with Crippen LogP contribution in [0.15, 0.2) is 58.6 Å². The fourth-order valence-corrected chi connectivity index (χ4v) is 5.25. The Balaban J connectivity index is 1.49. The Morgan fingerprint density at radius 3 is 2.69 bits per heavy atom. The van der Waals surface area contributed by atoms with E-state index in [2.05, 4.69) is 38.5 Å². The number of aromatic nitrogens is 3. The van der Waals surface area contributed by atoms with Gasteiger partial charge >= 0.3 is 0 Å². The summed E-state index contributed by atoms with van der Waals surface area (Å²) in [7, 11) is -3.76. The number of hydrogen-bond donors (Lipinski definition) is 2. The van der Waals surface area contributed by atoms with Gasteiger partial charge in [0.25, 0.3) is 10.0 Å². The Kier molecular flexibility index (Phi) is 6.93. The van der Waals surface area contributed by atoms with Crippen LogP contribution < -0.4 is 10.0 Å². The average molecular weight is 495 g/mol. The first-order valence-corrected chi connectivity index (χ1v) is 13.0. The summed E-state index contributed by atoms with van der Waals surface area (Å²) in [6.45, 7) is 8.80. The number of carbonyl (C=O) groups excluding carboxylic acids is 1. The summed E-state index contributed by atoms with van der Waals surface area (Å²) in [6, 6.07) is 10.4. The van der Waals surface area contributed by atoms with Gasteiger partial charge in [0.05, 0.1) is 11.1 Å². The molecule has 1 aromatic carbocycles. The van der Waals surface area contributed by atoms with Crippen LogP contribution >= 0.6 is 0 Å². The summed E-state index contributed by atoms with van der Waals surface area (Å²) >= 11 is 0. The van der Waals surface area contributed by atoms with Crippen molar-refractivity contribution in [1.82, 2.24) is 19.1 Å². The number of aryl methyl sites for hydroxylation is 1. The lowest BCUT2D eigenvalue weighted by Gasteiger charge is -2.15. The number of carbonyl (C=O) groups is 1. The van der Waals surface area contributed by atoms with Crippen LogP contribution in [-0.4, -0.2) is 41.1 Å². The molecule has 1 amide bonds. The van der Waals surface area contributed by atoms with E-state index in [4.69, 9.17) is 0 Å². The fourth-order valence-electron chi connectivity index (χ4n) is 4.12. The molecule has 2 aromatic heterocycles. The van der Waals surface area contributed by atoms with E-state index in [0.29, 0.717) is 24.5 Å². The first-order chi connectivity index (χ1) is 16.7. The summed E-state index contributed by atoms with van der Waals surface area (Å²) in [5.74, 6) is 1.08. The minimum Gasteiger partial charge on any atom is -0.322 e. The highest BCUT2D eigenvalue weighted by Gasteiger charge is 2.19. The average Bonchev–Trinajstić information content (AvgIpc) is 3.53. The largest absolute Gasteiger partial charge is 0.322 e. The molecule has 184 valence electrons. The van der Waals surface area contributed by atoms with Crippen molar-refractivity contribution in [3.8, 4) is 5.82 Å². The molecule has 0 aliphatic carbocycles. The molecule has 10 heteroatoms. The van der Waals surface area contributed by atoms with E-state index >= 15 is 0 Å². The maximum Gasteiger partial charge on any atom is 0.262 e. The number of rotatable bonds is 7. The first-order valence-electron chi connectivity index (χ1n) is 11.5. The quantitative estimate of drug-likeness (QED) is 0.484. The van der Waals surface area contributed by atoms with E-state index < -0.39 is 10.0 Å². The van der Waals surface area contributed by atoms with Crippen molar-refractivity contribution in [2.75, 3.05) is 11.9 Å². The predicted octanol–water partition coefficient (Wildman–Crippen LogP) is 3.99. The Labute approximate surface area is 205 Å². The maximum atomic E-state index is 12.6. The molecule has 0 saturated heterocycles. The van der Waals surface area contributed by atoms with Crippen molar-refractivity contribution in [2.45, 2.75) is 51.5 Å². The molecule has 4 rings (SSSR count). The minimum absolute atomic E-state index is 0.0687. The standard InChI is InChI=1S/C25H30N6O3S/c1-17(2)31-25(12-14-27-31)30-18(3)15-20(19(30)4)10-11-24(32)28-21-7-5-8-22(16-21)35(33,34)29-23-9-6-13-26-23/h5,7-8,10-12,14-17H,6,9,13H2,1-4H3,(H,26,29)(H,28,32)/b11-10+. The van der Waals surface area contributed by atoms with Crippen LogP contribution in [0.25, 0.3) is 11.9 Å². The van der Waals surface area contributed by atoms with Crippen molar-refractivity contribution in [3.05, 3.63) is 65.6 Å². The maximum absolute atomic E-state index is 12.6. The third kappa shape index (κ3) is 5.37. The Morgan fingerprint density at radius 2 is 1.97 bits per heavy atom.